The molecule has 0 radical (unpaired) electrons. The number of hydrogen-bond acceptors (Lipinski definition) is 3. The van der Waals surface area contributed by atoms with Crippen molar-refractivity contribution in [3.63, 3.8) is 0 Å². The van der Waals surface area contributed by atoms with Gasteiger partial charge in [0.15, 0.2) is 5.58 Å². The average Bonchev–Trinajstić information content (AvgIpc) is 2.68. The number of nitrogens with one attached hydrogen (secondary N) is 1. The van der Waals surface area contributed by atoms with Crippen LogP contribution >= 0.6 is 0 Å². The average molecular weight is 302 g/mol. The van der Waals surface area contributed by atoms with Crippen molar-refractivity contribution < 1.29 is 17.6 Å². The molecule has 0 amide bonds. The number of nitrogens with zero attached hydrogens (tertiary/aromatic N) is 1. The molecule has 1 unspecified atom stereocenters. The minimum Gasteiger partial charge on any atom is -0.408 e. The summed E-state index contributed by atoms with van der Waals surface area (Å²) in [6, 6.07) is 3.85. The van der Waals surface area contributed by atoms with Crippen LogP contribution in [0.3, 0.4) is 0 Å². The lowest BCUT2D eigenvalue weighted by molar-refractivity contribution is -0.140. The molecule has 1 atom stereocenters. The summed E-state index contributed by atoms with van der Waals surface area (Å²) in [4.78, 5) is 11.4. The summed E-state index contributed by atoms with van der Waals surface area (Å²) in [6.45, 7) is 2.37. The minimum absolute atomic E-state index is 0.297. The normalized spacial score (nSPS) is 13.8. The molecule has 0 aliphatic rings. The van der Waals surface area contributed by atoms with E-state index >= 15 is 0 Å². The lowest BCUT2D eigenvalue weighted by atomic mass is 10.0. The van der Waals surface area contributed by atoms with Gasteiger partial charge < -0.3 is 9.73 Å². The van der Waals surface area contributed by atoms with E-state index in [2.05, 4.69) is 5.32 Å². The third kappa shape index (κ3) is 3.66. The SMILES string of the molecule is CCCNC(CC(F)(F)F)c1ccc2c(c1)oc(=O)n2C. The monoisotopic (exact) mass is 302 g/mol. The van der Waals surface area contributed by atoms with Gasteiger partial charge in [-0.1, -0.05) is 13.0 Å². The topological polar surface area (TPSA) is 47.2 Å². The van der Waals surface area contributed by atoms with Gasteiger partial charge in [0, 0.05) is 13.1 Å². The van der Waals surface area contributed by atoms with Crippen LogP contribution in [0.4, 0.5) is 13.2 Å². The van der Waals surface area contributed by atoms with Crippen molar-refractivity contribution in [2.24, 2.45) is 7.05 Å². The lowest BCUT2D eigenvalue weighted by Crippen LogP contribution is -2.27. The van der Waals surface area contributed by atoms with Gasteiger partial charge >= 0.3 is 11.9 Å². The predicted molar refractivity (Wildman–Crippen MR) is 73.2 cm³/mol. The summed E-state index contributed by atoms with van der Waals surface area (Å²) in [5, 5.41) is 2.88. The first kappa shape index (κ1) is 15.6. The standard InChI is InChI=1S/C14H17F3N2O2/c1-3-6-18-10(8-14(15,16)17)9-4-5-11-12(7-9)21-13(20)19(11)2/h4-5,7,10,18H,3,6,8H2,1-2H3. The van der Waals surface area contributed by atoms with E-state index in [0.717, 1.165) is 6.42 Å². The molecule has 0 fully saturated rings. The quantitative estimate of drug-likeness (QED) is 0.923. The van der Waals surface area contributed by atoms with E-state index in [9.17, 15) is 18.0 Å². The Morgan fingerprint density at radius 3 is 2.71 bits per heavy atom. The third-order valence-electron chi connectivity index (χ3n) is 3.30. The van der Waals surface area contributed by atoms with Crippen molar-refractivity contribution in [3.05, 3.63) is 34.3 Å². The molecule has 0 aliphatic carbocycles. The summed E-state index contributed by atoms with van der Waals surface area (Å²) in [7, 11) is 1.55. The fraction of sp³-hybridized carbons (Fsp3) is 0.500. The molecule has 0 saturated heterocycles. The summed E-state index contributed by atoms with van der Waals surface area (Å²) >= 11 is 0. The molecule has 0 spiro atoms. The Bertz CT molecular complexity index is 673. The number of halogens is 3. The number of rotatable bonds is 5. The largest absolute Gasteiger partial charge is 0.419 e. The Labute approximate surface area is 119 Å². The highest BCUT2D eigenvalue weighted by atomic mass is 19.4. The number of benzene rings is 1. The van der Waals surface area contributed by atoms with E-state index in [0.29, 0.717) is 23.2 Å². The third-order valence-corrected chi connectivity index (χ3v) is 3.30. The Hall–Kier alpha value is -1.76. The smallest absolute Gasteiger partial charge is 0.408 e. The summed E-state index contributed by atoms with van der Waals surface area (Å²) in [6.07, 6.45) is -4.50. The second kappa shape index (κ2) is 5.93. The van der Waals surface area contributed by atoms with Crippen molar-refractivity contribution in [1.82, 2.24) is 9.88 Å². The molecule has 2 rings (SSSR count). The van der Waals surface area contributed by atoms with Gasteiger partial charge in [-0.2, -0.15) is 13.2 Å². The van der Waals surface area contributed by atoms with E-state index in [1.165, 1.54) is 10.6 Å². The number of aryl methyl sites for hydroxylation is 1. The highest BCUT2D eigenvalue weighted by Crippen LogP contribution is 2.30. The van der Waals surface area contributed by atoms with Crippen LogP contribution in [0.2, 0.25) is 0 Å². The molecule has 0 bridgehead atoms. The van der Waals surface area contributed by atoms with Crippen LogP contribution in [0, 0.1) is 0 Å². The fourth-order valence-corrected chi connectivity index (χ4v) is 2.23. The van der Waals surface area contributed by atoms with Crippen molar-refractivity contribution in [2.45, 2.75) is 32.0 Å². The molecular formula is C14H17F3N2O2. The molecular weight excluding hydrogens is 285 g/mol. The molecule has 1 aromatic heterocycles. The van der Waals surface area contributed by atoms with Crippen LogP contribution in [0.25, 0.3) is 11.1 Å². The van der Waals surface area contributed by atoms with Crippen LogP contribution in [-0.4, -0.2) is 17.3 Å². The van der Waals surface area contributed by atoms with E-state index in [4.69, 9.17) is 4.42 Å². The first-order valence-electron chi connectivity index (χ1n) is 6.71. The van der Waals surface area contributed by atoms with Crippen LogP contribution in [-0.2, 0) is 7.05 Å². The highest BCUT2D eigenvalue weighted by molar-refractivity contribution is 5.73. The zero-order chi connectivity index (χ0) is 15.6. The summed E-state index contributed by atoms with van der Waals surface area (Å²) in [5.74, 6) is -0.531. The molecule has 1 heterocycles. The number of aromatic nitrogens is 1. The molecule has 0 saturated carbocycles. The van der Waals surface area contributed by atoms with Crippen molar-refractivity contribution in [3.8, 4) is 0 Å². The van der Waals surface area contributed by atoms with Crippen LogP contribution in [0.1, 0.15) is 31.4 Å². The van der Waals surface area contributed by atoms with Gasteiger partial charge in [-0.25, -0.2) is 4.79 Å². The van der Waals surface area contributed by atoms with Crippen LogP contribution in [0.5, 0.6) is 0 Å². The predicted octanol–water partition coefficient (Wildman–Crippen LogP) is 3.12. The summed E-state index contributed by atoms with van der Waals surface area (Å²) < 4.78 is 44.4. The molecule has 116 valence electrons. The zero-order valence-electron chi connectivity index (χ0n) is 11.8. The fourth-order valence-electron chi connectivity index (χ4n) is 2.23. The van der Waals surface area contributed by atoms with Crippen molar-refractivity contribution in [1.29, 1.82) is 0 Å². The van der Waals surface area contributed by atoms with Gasteiger partial charge in [-0.3, -0.25) is 4.57 Å². The number of fused-ring (bicyclic) bond motifs is 1. The Balaban J connectivity index is 2.36. The molecule has 21 heavy (non-hydrogen) atoms. The maximum absolute atomic E-state index is 12.7. The first-order valence-corrected chi connectivity index (χ1v) is 6.71. The van der Waals surface area contributed by atoms with E-state index in [1.807, 2.05) is 6.92 Å². The number of oxazole rings is 1. The maximum Gasteiger partial charge on any atom is 0.419 e. The summed E-state index contributed by atoms with van der Waals surface area (Å²) in [5.41, 5.74) is 1.32. The minimum atomic E-state index is -4.27. The molecule has 1 aromatic carbocycles. The molecule has 7 heteroatoms. The van der Waals surface area contributed by atoms with Crippen molar-refractivity contribution >= 4 is 11.1 Å². The van der Waals surface area contributed by atoms with Crippen molar-refractivity contribution in [2.75, 3.05) is 6.54 Å². The van der Waals surface area contributed by atoms with E-state index in [1.54, 1.807) is 19.2 Å². The highest BCUT2D eigenvalue weighted by Gasteiger charge is 2.32. The van der Waals surface area contributed by atoms with Crippen LogP contribution in [0.15, 0.2) is 27.4 Å². The van der Waals surface area contributed by atoms with Gasteiger partial charge in [0.05, 0.1) is 11.9 Å². The van der Waals surface area contributed by atoms with Gasteiger partial charge in [0.1, 0.15) is 0 Å². The second-order valence-electron chi connectivity index (χ2n) is 4.98. The zero-order valence-corrected chi connectivity index (χ0v) is 11.8. The Morgan fingerprint density at radius 2 is 2.10 bits per heavy atom. The van der Waals surface area contributed by atoms with Gasteiger partial charge in [0.25, 0.3) is 0 Å². The maximum atomic E-state index is 12.7. The molecule has 1 N–H and O–H groups in total. The molecule has 4 nitrogen and oxygen atoms in total. The van der Waals surface area contributed by atoms with Gasteiger partial charge in [-0.15, -0.1) is 0 Å². The van der Waals surface area contributed by atoms with E-state index in [-0.39, 0.29) is 0 Å². The van der Waals surface area contributed by atoms with Crippen LogP contribution < -0.4 is 11.1 Å². The molecule has 0 aliphatic heterocycles. The number of hydrogen-bond donors (Lipinski definition) is 1. The Kier molecular flexibility index (Phi) is 4.41. The van der Waals surface area contributed by atoms with E-state index < -0.39 is 24.4 Å². The lowest BCUT2D eigenvalue weighted by Gasteiger charge is -2.20. The van der Waals surface area contributed by atoms with Gasteiger partial charge in [0.2, 0.25) is 0 Å². The number of alkyl halides is 3. The first-order chi connectivity index (χ1) is 9.81. The Morgan fingerprint density at radius 1 is 1.38 bits per heavy atom. The molecule has 2 aromatic rings. The van der Waals surface area contributed by atoms with Gasteiger partial charge in [-0.05, 0) is 30.7 Å². The second-order valence-corrected chi connectivity index (χ2v) is 4.98.